The van der Waals surface area contributed by atoms with Crippen LogP contribution in [0.2, 0.25) is 0 Å². The van der Waals surface area contributed by atoms with Crippen molar-refractivity contribution in [3.8, 4) is 5.75 Å². The van der Waals surface area contributed by atoms with E-state index in [-0.39, 0.29) is 17.9 Å². The fraction of sp³-hybridized carbons (Fsp3) is 0.300. The maximum absolute atomic E-state index is 12.0. The summed E-state index contributed by atoms with van der Waals surface area (Å²) in [6, 6.07) is 14.2. The van der Waals surface area contributed by atoms with Crippen LogP contribution >= 0.6 is 0 Å². The number of carbonyl (C=O) groups is 2. The number of rotatable bonds is 5. The summed E-state index contributed by atoms with van der Waals surface area (Å²) in [7, 11) is 1.31. The summed E-state index contributed by atoms with van der Waals surface area (Å²) in [6.07, 6.45) is 0. The first-order valence-corrected chi connectivity index (χ1v) is 8.01. The van der Waals surface area contributed by atoms with Crippen LogP contribution in [0.4, 0.5) is 5.69 Å². The Morgan fingerprint density at radius 3 is 2.32 bits per heavy atom. The monoisotopic (exact) mass is 341 g/mol. The number of esters is 1. The number of hydrogen-bond donors (Lipinski definition) is 1. The molecule has 0 saturated heterocycles. The molecule has 1 amide bonds. The van der Waals surface area contributed by atoms with E-state index in [1.54, 1.807) is 18.2 Å². The number of methoxy groups -OCH3 is 1. The van der Waals surface area contributed by atoms with Crippen LogP contribution < -0.4 is 10.1 Å². The van der Waals surface area contributed by atoms with Crippen molar-refractivity contribution in [2.45, 2.75) is 26.2 Å². The van der Waals surface area contributed by atoms with Gasteiger partial charge in [0.1, 0.15) is 5.75 Å². The maximum Gasteiger partial charge on any atom is 0.337 e. The lowest BCUT2D eigenvalue weighted by Gasteiger charge is -2.19. The molecule has 0 aliphatic carbocycles. The van der Waals surface area contributed by atoms with E-state index in [9.17, 15) is 9.59 Å². The normalized spacial score (nSPS) is 10.9. The Balaban J connectivity index is 1.92. The molecule has 0 spiro atoms. The predicted octanol–water partition coefficient (Wildman–Crippen LogP) is 3.79. The molecule has 0 radical (unpaired) electrons. The summed E-state index contributed by atoms with van der Waals surface area (Å²) in [4.78, 5) is 23.5. The average molecular weight is 341 g/mol. The molecule has 0 aliphatic rings. The fourth-order valence-electron chi connectivity index (χ4n) is 2.23. The number of carbonyl (C=O) groups excluding carboxylic acids is 2. The minimum absolute atomic E-state index is 0.0658. The predicted molar refractivity (Wildman–Crippen MR) is 97.0 cm³/mol. The van der Waals surface area contributed by atoms with Gasteiger partial charge >= 0.3 is 5.97 Å². The second kappa shape index (κ2) is 7.83. The first kappa shape index (κ1) is 18.5. The lowest BCUT2D eigenvalue weighted by Crippen LogP contribution is -2.20. The second-order valence-corrected chi connectivity index (χ2v) is 6.68. The lowest BCUT2D eigenvalue weighted by molar-refractivity contribution is -0.118. The van der Waals surface area contributed by atoms with Crippen LogP contribution in [0.25, 0.3) is 0 Å². The van der Waals surface area contributed by atoms with Gasteiger partial charge < -0.3 is 14.8 Å². The molecule has 5 heteroatoms. The largest absolute Gasteiger partial charge is 0.484 e. The first-order chi connectivity index (χ1) is 11.8. The van der Waals surface area contributed by atoms with Crippen LogP contribution in [0.15, 0.2) is 48.5 Å². The van der Waals surface area contributed by atoms with Gasteiger partial charge in [-0.1, -0.05) is 39.0 Å². The van der Waals surface area contributed by atoms with Crippen molar-refractivity contribution in [1.82, 2.24) is 0 Å². The molecule has 2 rings (SSSR count). The minimum atomic E-state index is -0.450. The second-order valence-electron chi connectivity index (χ2n) is 6.68. The number of nitrogens with one attached hydrogen (secondary N) is 1. The van der Waals surface area contributed by atoms with Crippen molar-refractivity contribution in [2.24, 2.45) is 0 Å². The summed E-state index contributed by atoms with van der Waals surface area (Å²) >= 11 is 0. The molecule has 0 heterocycles. The van der Waals surface area contributed by atoms with Crippen molar-refractivity contribution in [3.63, 3.8) is 0 Å². The highest BCUT2D eigenvalue weighted by Crippen LogP contribution is 2.23. The molecule has 2 aromatic rings. The SMILES string of the molecule is COC(=O)c1cccc(OCC(=O)Nc2ccc(C(C)(C)C)cc2)c1. The molecule has 0 saturated carbocycles. The van der Waals surface area contributed by atoms with Gasteiger partial charge in [0, 0.05) is 5.69 Å². The molecule has 1 N–H and O–H groups in total. The Hall–Kier alpha value is -2.82. The molecule has 5 nitrogen and oxygen atoms in total. The van der Waals surface area contributed by atoms with E-state index in [0.29, 0.717) is 17.0 Å². The summed E-state index contributed by atoms with van der Waals surface area (Å²) in [6.45, 7) is 6.26. The Bertz CT molecular complexity index is 745. The van der Waals surface area contributed by atoms with Gasteiger partial charge in [0.05, 0.1) is 12.7 Å². The van der Waals surface area contributed by atoms with Gasteiger partial charge in [-0.3, -0.25) is 4.79 Å². The highest BCUT2D eigenvalue weighted by atomic mass is 16.5. The van der Waals surface area contributed by atoms with Crippen LogP contribution in [0.5, 0.6) is 5.75 Å². The van der Waals surface area contributed by atoms with E-state index >= 15 is 0 Å². The standard InChI is InChI=1S/C20H23NO4/c1-20(2,3)15-8-10-16(11-9-15)21-18(22)13-25-17-7-5-6-14(12-17)19(23)24-4/h5-12H,13H2,1-4H3,(H,21,22). The van der Waals surface area contributed by atoms with E-state index in [4.69, 9.17) is 4.74 Å². The summed E-state index contributed by atoms with van der Waals surface area (Å²) in [5, 5.41) is 2.78. The maximum atomic E-state index is 12.0. The summed E-state index contributed by atoms with van der Waals surface area (Å²) < 4.78 is 10.1. The quantitative estimate of drug-likeness (QED) is 0.841. The van der Waals surface area contributed by atoms with E-state index < -0.39 is 5.97 Å². The van der Waals surface area contributed by atoms with Crippen LogP contribution in [-0.4, -0.2) is 25.6 Å². The number of benzene rings is 2. The van der Waals surface area contributed by atoms with Crippen molar-refractivity contribution in [1.29, 1.82) is 0 Å². The van der Waals surface area contributed by atoms with Gasteiger partial charge in [0.15, 0.2) is 6.61 Å². The van der Waals surface area contributed by atoms with Crippen LogP contribution in [0.3, 0.4) is 0 Å². The molecule has 0 fully saturated rings. The van der Waals surface area contributed by atoms with Crippen molar-refractivity contribution < 1.29 is 19.1 Å². The number of anilines is 1. The molecule has 0 atom stereocenters. The molecule has 0 bridgehead atoms. The van der Waals surface area contributed by atoms with Gasteiger partial charge in [-0.05, 0) is 41.3 Å². The first-order valence-electron chi connectivity index (χ1n) is 8.01. The Morgan fingerprint density at radius 1 is 1.04 bits per heavy atom. The van der Waals surface area contributed by atoms with Gasteiger partial charge in [-0.25, -0.2) is 4.79 Å². The van der Waals surface area contributed by atoms with Crippen molar-refractivity contribution in [3.05, 3.63) is 59.7 Å². The van der Waals surface area contributed by atoms with Gasteiger partial charge in [0.25, 0.3) is 5.91 Å². The van der Waals surface area contributed by atoms with Crippen molar-refractivity contribution in [2.75, 3.05) is 19.0 Å². The van der Waals surface area contributed by atoms with Crippen molar-refractivity contribution >= 4 is 17.6 Å². The fourth-order valence-corrected chi connectivity index (χ4v) is 2.23. The summed E-state index contributed by atoms with van der Waals surface area (Å²) in [5.74, 6) is -0.290. The number of ether oxygens (including phenoxy) is 2. The Labute approximate surface area is 148 Å². The summed E-state index contributed by atoms with van der Waals surface area (Å²) in [5.41, 5.74) is 2.35. The van der Waals surface area contributed by atoms with E-state index in [2.05, 4.69) is 30.8 Å². The lowest BCUT2D eigenvalue weighted by atomic mass is 9.87. The Kier molecular flexibility index (Phi) is 5.80. The zero-order chi connectivity index (χ0) is 18.4. The molecule has 2 aromatic carbocycles. The molecular formula is C20H23NO4. The van der Waals surface area contributed by atoms with Gasteiger partial charge in [-0.2, -0.15) is 0 Å². The average Bonchev–Trinajstić information content (AvgIpc) is 2.59. The van der Waals surface area contributed by atoms with Crippen LogP contribution in [0.1, 0.15) is 36.7 Å². The van der Waals surface area contributed by atoms with E-state index in [1.165, 1.54) is 18.7 Å². The minimum Gasteiger partial charge on any atom is -0.484 e. The molecule has 0 aliphatic heterocycles. The topological polar surface area (TPSA) is 64.6 Å². The van der Waals surface area contributed by atoms with Crippen LogP contribution in [0, 0.1) is 0 Å². The van der Waals surface area contributed by atoms with Crippen LogP contribution in [-0.2, 0) is 14.9 Å². The third-order valence-electron chi connectivity index (χ3n) is 3.66. The third-order valence-corrected chi connectivity index (χ3v) is 3.66. The van der Waals surface area contributed by atoms with Gasteiger partial charge in [0.2, 0.25) is 0 Å². The molecule has 132 valence electrons. The molecular weight excluding hydrogens is 318 g/mol. The number of hydrogen-bond acceptors (Lipinski definition) is 4. The molecule has 0 aromatic heterocycles. The number of amides is 1. The highest BCUT2D eigenvalue weighted by Gasteiger charge is 2.13. The zero-order valence-corrected chi connectivity index (χ0v) is 15.0. The van der Waals surface area contributed by atoms with Gasteiger partial charge in [-0.15, -0.1) is 0 Å². The van der Waals surface area contributed by atoms with E-state index in [1.807, 2.05) is 24.3 Å². The third kappa shape index (κ3) is 5.35. The smallest absolute Gasteiger partial charge is 0.337 e. The Morgan fingerprint density at radius 2 is 1.72 bits per heavy atom. The molecule has 0 unspecified atom stereocenters. The zero-order valence-electron chi connectivity index (χ0n) is 15.0. The molecule has 25 heavy (non-hydrogen) atoms. The highest BCUT2D eigenvalue weighted by molar-refractivity contribution is 5.92. The van der Waals surface area contributed by atoms with E-state index in [0.717, 1.165) is 0 Å².